The fourth-order valence-electron chi connectivity index (χ4n) is 2.92. The Morgan fingerprint density at radius 1 is 0.844 bits per heavy atom. The number of benzene rings is 2. The lowest BCUT2D eigenvalue weighted by Gasteiger charge is -2.27. The molecule has 0 aliphatic heterocycles. The Labute approximate surface area is 199 Å². The molecule has 2 aromatic rings. The van der Waals surface area contributed by atoms with E-state index in [1.807, 2.05) is 31.2 Å². The highest BCUT2D eigenvalue weighted by Gasteiger charge is 2.23. The number of amides is 2. The highest BCUT2D eigenvalue weighted by atomic mass is 79.9. The van der Waals surface area contributed by atoms with Crippen LogP contribution in [0.1, 0.15) is 58.2 Å². The van der Waals surface area contributed by atoms with Crippen molar-refractivity contribution in [1.29, 1.82) is 0 Å². The van der Waals surface area contributed by atoms with Crippen molar-refractivity contribution < 1.29 is 19.1 Å². The first-order valence-electron chi connectivity index (χ1n) is 10.5. The maximum Gasteiger partial charge on any atom is 0.276 e. The molecule has 7 heteroatoms. The number of hydrogen-bond acceptors (Lipinski definition) is 4. The molecule has 2 amide bonds. The van der Waals surface area contributed by atoms with Crippen molar-refractivity contribution in [3.63, 3.8) is 0 Å². The van der Waals surface area contributed by atoms with E-state index in [0.29, 0.717) is 11.5 Å². The van der Waals surface area contributed by atoms with E-state index in [2.05, 4.69) is 74.4 Å². The van der Waals surface area contributed by atoms with E-state index >= 15 is 0 Å². The van der Waals surface area contributed by atoms with Gasteiger partial charge in [-0.05, 0) is 58.7 Å². The molecule has 174 valence electrons. The van der Waals surface area contributed by atoms with Crippen molar-refractivity contribution in [2.24, 2.45) is 0 Å². The summed E-state index contributed by atoms with van der Waals surface area (Å²) in [6.45, 7) is 14.3. The van der Waals surface area contributed by atoms with Crippen LogP contribution in [0.25, 0.3) is 0 Å². The molecular formula is C25H33BrN2O4. The first kappa shape index (κ1) is 25.7. The van der Waals surface area contributed by atoms with Gasteiger partial charge in [0.05, 0.1) is 0 Å². The summed E-state index contributed by atoms with van der Waals surface area (Å²) in [5, 5.41) is 0. The second-order valence-electron chi connectivity index (χ2n) is 9.80. The molecule has 0 saturated carbocycles. The van der Waals surface area contributed by atoms with Crippen molar-refractivity contribution in [2.45, 2.75) is 59.3 Å². The average Bonchev–Trinajstić information content (AvgIpc) is 2.70. The molecule has 0 unspecified atom stereocenters. The third-order valence-corrected chi connectivity index (χ3v) is 5.74. The Hall–Kier alpha value is -2.54. The number of carbonyl (C=O) groups excluding carboxylic acids is 2. The van der Waals surface area contributed by atoms with Crippen molar-refractivity contribution >= 4 is 27.7 Å². The first-order valence-corrected chi connectivity index (χ1v) is 11.3. The fourth-order valence-corrected chi connectivity index (χ4v) is 3.17. The van der Waals surface area contributed by atoms with Crippen molar-refractivity contribution in [3.05, 3.63) is 57.6 Å². The number of aryl methyl sites for hydroxylation is 1. The molecule has 32 heavy (non-hydrogen) atoms. The van der Waals surface area contributed by atoms with E-state index in [4.69, 9.17) is 9.47 Å². The van der Waals surface area contributed by atoms with Gasteiger partial charge in [-0.2, -0.15) is 0 Å². The molecule has 0 saturated heterocycles. The largest absolute Gasteiger partial charge is 0.484 e. The molecule has 0 atom stereocenters. The maximum atomic E-state index is 12.2. The van der Waals surface area contributed by atoms with Crippen LogP contribution in [0, 0.1) is 6.92 Å². The van der Waals surface area contributed by atoms with Crippen LogP contribution in [0.5, 0.6) is 11.5 Å². The molecule has 2 rings (SSSR count). The molecular weight excluding hydrogens is 472 g/mol. The predicted octanol–water partition coefficient (Wildman–Crippen LogP) is 4.96. The van der Waals surface area contributed by atoms with E-state index in [0.717, 1.165) is 15.6 Å². The second kappa shape index (κ2) is 10.4. The highest BCUT2D eigenvalue weighted by molar-refractivity contribution is 9.10. The maximum absolute atomic E-state index is 12.2. The third kappa shape index (κ3) is 7.55. The van der Waals surface area contributed by atoms with Crippen molar-refractivity contribution in [3.8, 4) is 11.5 Å². The minimum absolute atomic E-state index is 0.0111. The van der Waals surface area contributed by atoms with Crippen LogP contribution in [0.3, 0.4) is 0 Å². The van der Waals surface area contributed by atoms with Crippen LogP contribution < -0.4 is 20.3 Å². The van der Waals surface area contributed by atoms with E-state index in [9.17, 15) is 9.59 Å². The molecule has 0 aliphatic carbocycles. The van der Waals surface area contributed by atoms with Gasteiger partial charge in [0.25, 0.3) is 11.8 Å². The normalized spacial score (nSPS) is 11.6. The highest BCUT2D eigenvalue weighted by Crippen LogP contribution is 2.35. The van der Waals surface area contributed by atoms with Gasteiger partial charge in [0.15, 0.2) is 13.2 Å². The van der Waals surface area contributed by atoms with E-state index in [1.54, 1.807) is 6.07 Å². The number of hydrazine groups is 1. The van der Waals surface area contributed by atoms with Crippen molar-refractivity contribution in [2.75, 3.05) is 13.2 Å². The molecule has 0 aromatic heterocycles. The molecule has 2 N–H and O–H groups in total. The number of ether oxygens (including phenoxy) is 2. The van der Waals surface area contributed by atoms with E-state index in [-0.39, 0.29) is 24.0 Å². The Bertz CT molecular complexity index is 975. The molecule has 0 spiro atoms. The Morgan fingerprint density at radius 3 is 1.97 bits per heavy atom. The molecule has 0 heterocycles. The molecule has 2 aromatic carbocycles. The smallest absolute Gasteiger partial charge is 0.276 e. The Morgan fingerprint density at radius 2 is 1.44 bits per heavy atom. The van der Waals surface area contributed by atoms with Gasteiger partial charge in [-0.1, -0.05) is 69.6 Å². The second-order valence-corrected chi connectivity index (χ2v) is 10.6. The minimum atomic E-state index is -0.469. The Kier molecular flexibility index (Phi) is 8.35. The summed E-state index contributed by atoms with van der Waals surface area (Å²) in [7, 11) is 0. The standard InChI is InChI=1S/C25H33BrN2O4/c1-16-12-18(9-10-20(16)26)31-14-22(29)27-28-23(30)15-32-21-11-8-17(24(2,3)4)13-19(21)25(5,6)7/h8-13H,14-15H2,1-7H3,(H,27,29)(H,28,30). The molecule has 6 nitrogen and oxygen atoms in total. The van der Waals surface area contributed by atoms with Crippen LogP contribution in [0.4, 0.5) is 0 Å². The monoisotopic (exact) mass is 504 g/mol. The van der Waals surface area contributed by atoms with Crippen LogP contribution >= 0.6 is 15.9 Å². The lowest BCUT2D eigenvalue weighted by molar-refractivity contribution is -0.131. The van der Waals surface area contributed by atoms with E-state index in [1.165, 1.54) is 5.56 Å². The number of halogens is 1. The molecule has 0 bridgehead atoms. The van der Waals surface area contributed by atoms with Gasteiger partial charge < -0.3 is 9.47 Å². The molecule has 0 fully saturated rings. The Balaban J connectivity index is 1.88. The van der Waals surface area contributed by atoms with Gasteiger partial charge in [0, 0.05) is 4.47 Å². The average molecular weight is 505 g/mol. The van der Waals surface area contributed by atoms with Crippen LogP contribution in [0.15, 0.2) is 40.9 Å². The van der Waals surface area contributed by atoms with Crippen LogP contribution in [0.2, 0.25) is 0 Å². The SMILES string of the molecule is Cc1cc(OCC(=O)NNC(=O)COc2ccc(C(C)(C)C)cc2C(C)(C)C)ccc1Br. The van der Waals surface area contributed by atoms with Gasteiger partial charge in [0.2, 0.25) is 0 Å². The van der Waals surface area contributed by atoms with Gasteiger partial charge in [-0.15, -0.1) is 0 Å². The zero-order chi connectivity index (χ0) is 24.1. The summed E-state index contributed by atoms with van der Waals surface area (Å²) in [4.78, 5) is 24.1. The number of rotatable bonds is 6. The summed E-state index contributed by atoms with van der Waals surface area (Å²) in [5.74, 6) is 0.297. The summed E-state index contributed by atoms with van der Waals surface area (Å²) < 4.78 is 12.2. The topological polar surface area (TPSA) is 76.7 Å². The molecule has 0 aliphatic rings. The quantitative estimate of drug-likeness (QED) is 0.545. The summed E-state index contributed by atoms with van der Waals surface area (Å²) in [6.07, 6.45) is 0. The van der Waals surface area contributed by atoms with Crippen molar-refractivity contribution in [1.82, 2.24) is 10.9 Å². The zero-order valence-electron chi connectivity index (χ0n) is 19.9. The number of carbonyl (C=O) groups is 2. The van der Waals surface area contributed by atoms with Crippen LogP contribution in [-0.2, 0) is 20.4 Å². The zero-order valence-corrected chi connectivity index (χ0v) is 21.5. The summed E-state index contributed by atoms with van der Waals surface area (Å²) in [6, 6.07) is 11.5. The minimum Gasteiger partial charge on any atom is -0.484 e. The van der Waals surface area contributed by atoms with E-state index < -0.39 is 11.8 Å². The van der Waals surface area contributed by atoms with Gasteiger partial charge in [-0.25, -0.2) is 0 Å². The fraction of sp³-hybridized carbons (Fsp3) is 0.440. The summed E-state index contributed by atoms with van der Waals surface area (Å²) >= 11 is 3.41. The predicted molar refractivity (Wildman–Crippen MR) is 130 cm³/mol. The number of hydrogen-bond donors (Lipinski definition) is 2. The van der Waals surface area contributed by atoms with Gasteiger partial charge in [0.1, 0.15) is 11.5 Å². The lowest BCUT2D eigenvalue weighted by atomic mass is 9.80. The van der Waals surface area contributed by atoms with Crippen LogP contribution in [-0.4, -0.2) is 25.0 Å². The summed E-state index contributed by atoms with van der Waals surface area (Å²) in [5.41, 5.74) is 7.78. The molecule has 0 radical (unpaired) electrons. The lowest BCUT2D eigenvalue weighted by Crippen LogP contribution is -2.45. The third-order valence-electron chi connectivity index (χ3n) is 4.85. The first-order chi connectivity index (χ1) is 14.8. The van der Waals surface area contributed by atoms with Gasteiger partial charge in [-0.3, -0.25) is 20.4 Å². The number of nitrogens with one attached hydrogen (secondary N) is 2. The van der Waals surface area contributed by atoms with Gasteiger partial charge >= 0.3 is 0 Å².